The molecule has 2 amide bonds. The number of hydrogen-bond acceptors (Lipinski definition) is 7. The largest absolute Gasteiger partial charge is 0.335 e. The summed E-state index contributed by atoms with van der Waals surface area (Å²) in [6, 6.07) is 15.5. The molecule has 0 radical (unpaired) electrons. The van der Waals surface area contributed by atoms with Crippen LogP contribution in [0.3, 0.4) is 0 Å². The minimum absolute atomic E-state index is 0.0199. The molecule has 9 heteroatoms. The SMILES string of the molecule is Cc1ccc(NC(=O)CN(C)C(=O)C(C)Sc2nnc(Nc3ccc(C)cc3)s2)cc1. The van der Waals surface area contributed by atoms with Gasteiger partial charge >= 0.3 is 0 Å². The van der Waals surface area contributed by atoms with Gasteiger partial charge in [-0.3, -0.25) is 9.59 Å². The lowest BCUT2D eigenvalue weighted by atomic mass is 10.2. The van der Waals surface area contributed by atoms with E-state index >= 15 is 0 Å². The Balaban J connectivity index is 1.50. The zero-order valence-electron chi connectivity index (χ0n) is 17.9. The Morgan fingerprint density at radius 1 is 1.00 bits per heavy atom. The summed E-state index contributed by atoms with van der Waals surface area (Å²) in [5, 5.41) is 14.6. The molecule has 0 aliphatic rings. The summed E-state index contributed by atoms with van der Waals surface area (Å²) in [6.45, 7) is 5.80. The summed E-state index contributed by atoms with van der Waals surface area (Å²) in [7, 11) is 1.62. The molecule has 0 aliphatic carbocycles. The van der Waals surface area contributed by atoms with Crippen molar-refractivity contribution in [3.63, 3.8) is 0 Å². The minimum Gasteiger partial charge on any atom is -0.335 e. The molecule has 1 aromatic heterocycles. The standard InChI is InChI=1S/C22H25N5O2S2/c1-14-5-9-17(10-6-14)23-19(28)13-27(4)20(29)16(3)30-22-26-25-21(31-22)24-18-11-7-15(2)8-12-18/h5-12,16H,13H2,1-4H3,(H,23,28)(H,24,25). The van der Waals surface area contributed by atoms with Crippen LogP contribution in [-0.2, 0) is 9.59 Å². The topological polar surface area (TPSA) is 87.2 Å². The highest BCUT2D eigenvalue weighted by Crippen LogP contribution is 2.31. The number of amides is 2. The molecule has 3 aromatic rings. The van der Waals surface area contributed by atoms with Crippen molar-refractivity contribution >= 4 is 51.4 Å². The molecule has 0 bridgehead atoms. The molecular formula is C22H25N5O2S2. The molecule has 0 aliphatic heterocycles. The summed E-state index contributed by atoms with van der Waals surface area (Å²) in [6.07, 6.45) is 0. The molecule has 2 aromatic carbocycles. The van der Waals surface area contributed by atoms with Crippen LogP contribution in [0.25, 0.3) is 0 Å². The first-order chi connectivity index (χ1) is 14.8. The third-order valence-corrected chi connectivity index (χ3v) is 6.44. The molecule has 3 rings (SSSR count). The Bertz CT molecular complexity index is 1030. The van der Waals surface area contributed by atoms with Crippen molar-refractivity contribution in [2.24, 2.45) is 0 Å². The normalized spacial score (nSPS) is 11.6. The summed E-state index contributed by atoms with van der Waals surface area (Å²) < 4.78 is 0.688. The van der Waals surface area contributed by atoms with Crippen molar-refractivity contribution in [1.82, 2.24) is 15.1 Å². The highest BCUT2D eigenvalue weighted by atomic mass is 32.2. The van der Waals surface area contributed by atoms with Gasteiger partial charge in [0.15, 0.2) is 4.34 Å². The summed E-state index contributed by atoms with van der Waals surface area (Å²) in [5.74, 6) is -0.385. The number of rotatable bonds is 8. The van der Waals surface area contributed by atoms with Gasteiger partial charge in [-0.1, -0.05) is 58.5 Å². The lowest BCUT2D eigenvalue weighted by Gasteiger charge is -2.20. The summed E-state index contributed by atoms with van der Waals surface area (Å²) in [4.78, 5) is 26.4. The fourth-order valence-corrected chi connectivity index (χ4v) is 4.74. The minimum atomic E-state index is -0.391. The number of nitrogens with zero attached hydrogens (tertiary/aromatic N) is 3. The second-order valence-corrected chi connectivity index (χ2v) is 9.80. The van der Waals surface area contributed by atoms with Crippen molar-refractivity contribution in [3.8, 4) is 0 Å². The maximum absolute atomic E-state index is 12.7. The third kappa shape index (κ3) is 6.80. The highest BCUT2D eigenvalue weighted by molar-refractivity contribution is 8.02. The van der Waals surface area contributed by atoms with Crippen LogP contribution < -0.4 is 10.6 Å². The van der Waals surface area contributed by atoms with Gasteiger partial charge in [-0.2, -0.15) is 0 Å². The van der Waals surface area contributed by atoms with E-state index in [-0.39, 0.29) is 18.4 Å². The van der Waals surface area contributed by atoms with E-state index in [1.165, 1.54) is 33.6 Å². The molecule has 0 saturated heterocycles. The molecular weight excluding hydrogens is 430 g/mol. The first kappa shape index (κ1) is 22.8. The molecule has 7 nitrogen and oxygen atoms in total. The first-order valence-corrected chi connectivity index (χ1v) is 11.4. The van der Waals surface area contributed by atoms with E-state index in [2.05, 4.69) is 20.8 Å². The zero-order chi connectivity index (χ0) is 22.4. The van der Waals surface area contributed by atoms with Crippen molar-refractivity contribution in [2.75, 3.05) is 24.2 Å². The smallest absolute Gasteiger partial charge is 0.243 e. The third-order valence-electron chi connectivity index (χ3n) is 4.43. The lowest BCUT2D eigenvalue weighted by molar-refractivity contribution is -0.132. The predicted octanol–water partition coefficient (Wildman–Crippen LogP) is 4.48. The summed E-state index contributed by atoms with van der Waals surface area (Å²) in [5.41, 5.74) is 3.94. The number of carbonyl (C=O) groups excluding carboxylic acids is 2. The van der Waals surface area contributed by atoms with Gasteiger partial charge in [0, 0.05) is 18.4 Å². The Labute approximate surface area is 190 Å². The number of carbonyl (C=O) groups is 2. The van der Waals surface area contributed by atoms with E-state index in [1.54, 1.807) is 14.0 Å². The van der Waals surface area contributed by atoms with Gasteiger partial charge in [0.05, 0.1) is 11.8 Å². The van der Waals surface area contributed by atoms with E-state index in [9.17, 15) is 9.59 Å². The highest BCUT2D eigenvalue weighted by Gasteiger charge is 2.22. The lowest BCUT2D eigenvalue weighted by Crippen LogP contribution is -2.38. The van der Waals surface area contributed by atoms with Gasteiger partial charge in [0.25, 0.3) is 0 Å². The maximum atomic E-state index is 12.7. The first-order valence-electron chi connectivity index (χ1n) is 9.75. The van der Waals surface area contributed by atoms with Crippen molar-refractivity contribution < 1.29 is 9.59 Å². The molecule has 1 unspecified atom stereocenters. The number of anilines is 3. The fourth-order valence-electron chi connectivity index (χ4n) is 2.71. The molecule has 2 N–H and O–H groups in total. The number of benzene rings is 2. The van der Waals surface area contributed by atoms with Crippen molar-refractivity contribution in [1.29, 1.82) is 0 Å². The molecule has 31 heavy (non-hydrogen) atoms. The quantitative estimate of drug-likeness (QED) is 0.487. The van der Waals surface area contributed by atoms with Gasteiger partial charge in [-0.05, 0) is 45.0 Å². The monoisotopic (exact) mass is 455 g/mol. The molecule has 1 heterocycles. The maximum Gasteiger partial charge on any atom is 0.243 e. The number of thioether (sulfide) groups is 1. The van der Waals surface area contributed by atoms with Crippen LogP contribution in [-0.4, -0.2) is 45.8 Å². The number of aryl methyl sites for hydroxylation is 2. The Kier molecular flexibility index (Phi) is 7.64. The van der Waals surface area contributed by atoms with Gasteiger partial charge in [-0.15, -0.1) is 10.2 Å². The molecule has 0 saturated carbocycles. The molecule has 0 spiro atoms. The van der Waals surface area contributed by atoms with E-state index in [1.807, 2.05) is 62.4 Å². The van der Waals surface area contributed by atoms with E-state index in [4.69, 9.17) is 0 Å². The fraction of sp³-hybridized carbons (Fsp3) is 0.273. The van der Waals surface area contributed by atoms with Gasteiger partial charge in [0.1, 0.15) is 0 Å². The van der Waals surface area contributed by atoms with Gasteiger partial charge in [-0.25, -0.2) is 0 Å². The van der Waals surface area contributed by atoms with Crippen molar-refractivity contribution in [2.45, 2.75) is 30.4 Å². The number of nitrogens with one attached hydrogen (secondary N) is 2. The van der Waals surface area contributed by atoms with E-state index in [0.29, 0.717) is 15.2 Å². The Hall–Kier alpha value is -2.91. The average Bonchev–Trinajstić information content (AvgIpc) is 3.17. The van der Waals surface area contributed by atoms with Gasteiger partial charge in [0.2, 0.25) is 16.9 Å². The van der Waals surface area contributed by atoms with E-state index in [0.717, 1.165) is 11.3 Å². The predicted molar refractivity (Wildman–Crippen MR) is 127 cm³/mol. The van der Waals surface area contributed by atoms with Crippen LogP contribution in [0.2, 0.25) is 0 Å². The Morgan fingerprint density at radius 2 is 1.58 bits per heavy atom. The average molecular weight is 456 g/mol. The molecule has 1 atom stereocenters. The second-order valence-electron chi connectivity index (χ2n) is 7.23. The summed E-state index contributed by atoms with van der Waals surface area (Å²) >= 11 is 2.71. The van der Waals surface area contributed by atoms with Crippen LogP contribution in [0, 0.1) is 13.8 Å². The van der Waals surface area contributed by atoms with Crippen LogP contribution >= 0.6 is 23.1 Å². The zero-order valence-corrected chi connectivity index (χ0v) is 19.5. The van der Waals surface area contributed by atoms with Gasteiger partial charge < -0.3 is 15.5 Å². The molecule has 162 valence electrons. The van der Waals surface area contributed by atoms with Crippen LogP contribution in [0.5, 0.6) is 0 Å². The Morgan fingerprint density at radius 3 is 2.19 bits per heavy atom. The van der Waals surface area contributed by atoms with E-state index < -0.39 is 5.25 Å². The number of likely N-dealkylation sites (N-methyl/N-ethyl adjacent to an activating group) is 1. The van der Waals surface area contributed by atoms with Crippen LogP contribution in [0.15, 0.2) is 52.9 Å². The van der Waals surface area contributed by atoms with Crippen LogP contribution in [0.1, 0.15) is 18.1 Å². The van der Waals surface area contributed by atoms with Crippen molar-refractivity contribution in [3.05, 3.63) is 59.7 Å². The van der Waals surface area contributed by atoms with Crippen LogP contribution in [0.4, 0.5) is 16.5 Å². The number of aromatic nitrogens is 2. The number of hydrogen-bond donors (Lipinski definition) is 2. The molecule has 0 fully saturated rings. The second kappa shape index (κ2) is 10.4.